The van der Waals surface area contributed by atoms with Crippen LogP contribution < -0.4 is 5.32 Å². The van der Waals surface area contributed by atoms with Gasteiger partial charge in [-0.2, -0.15) is 0 Å². The molecular formula is C13H18BrClN2. The van der Waals surface area contributed by atoms with Crippen molar-refractivity contribution in [3.63, 3.8) is 0 Å². The van der Waals surface area contributed by atoms with Crippen molar-refractivity contribution in [1.29, 1.82) is 0 Å². The Hall–Kier alpha value is -0.0900. The third-order valence-corrected chi connectivity index (χ3v) is 4.14. The van der Waals surface area contributed by atoms with Crippen molar-refractivity contribution in [1.82, 2.24) is 10.2 Å². The third kappa shape index (κ3) is 4.25. The number of halogens is 2. The largest absolute Gasteiger partial charge is 0.311 e. The second-order valence-corrected chi connectivity index (χ2v) is 5.75. The maximum Gasteiger partial charge on any atom is 0.0410 e. The molecule has 0 radical (unpaired) electrons. The first-order valence-electron chi connectivity index (χ1n) is 6.13. The Balaban J connectivity index is 1.72. The lowest BCUT2D eigenvalue weighted by Crippen LogP contribution is -2.29. The van der Waals surface area contributed by atoms with Gasteiger partial charge in [-0.05, 0) is 49.7 Å². The molecule has 0 atom stereocenters. The first-order chi connectivity index (χ1) is 8.25. The molecule has 0 saturated carbocycles. The van der Waals surface area contributed by atoms with Gasteiger partial charge in [0.1, 0.15) is 0 Å². The fourth-order valence-electron chi connectivity index (χ4n) is 2.15. The number of hydrogen-bond donors (Lipinski definition) is 1. The molecule has 0 amide bonds. The highest BCUT2D eigenvalue weighted by Crippen LogP contribution is 2.20. The molecule has 0 unspecified atom stereocenters. The number of hydrogen-bond acceptors (Lipinski definition) is 2. The Morgan fingerprint density at radius 3 is 2.82 bits per heavy atom. The van der Waals surface area contributed by atoms with E-state index in [0.29, 0.717) is 0 Å². The van der Waals surface area contributed by atoms with Gasteiger partial charge in [0.2, 0.25) is 0 Å². The van der Waals surface area contributed by atoms with Crippen molar-refractivity contribution in [2.75, 3.05) is 26.2 Å². The molecule has 1 saturated heterocycles. The zero-order valence-corrected chi connectivity index (χ0v) is 12.2. The molecule has 0 aromatic heterocycles. The van der Waals surface area contributed by atoms with E-state index >= 15 is 0 Å². The highest BCUT2D eigenvalue weighted by atomic mass is 79.9. The quantitative estimate of drug-likeness (QED) is 0.838. The summed E-state index contributed by atoms with van der Waals surface area (Å²) in [5, 5.41) is 4.26. The first kappa shape index (κ1) is 13.3. The molecule has 2 rings (SSSR count). The maximum atomic E-state index is 5.98. The van der Waals surface area contributed by atoms with Crippen molar-refractivity contribution >= 4 is 27.5 Å². The summed E-state index contributed by atoms with van der Waals surface area (Å²) in [6.45, 7) is 5.59. The van der Waals surface area contributed by atoms with E-state index in [1.54, 1.807) is 0 Å². The Bertz CT molecular complexity index is 364. The highest BCUT2D eigenvalue weighted by Gasteiger charge is 2.10. The summed E-state index contributed by atoms with van der Waals surface area (Å²) in [6.07, 6.45) is 2.72. The summed E-state index contributed by atoms with van der Waals surface area (Å²) in [4.78, 5) is 2.51. The van der Waals surface area contributed by atoms with Crippen LogP contribution in [0, 0.1) is 0 Å². The molecule has 1 aliphatic rings. The topological polar surface area (TPSA) is 15.3 Å². The molecule has 1 N–H and O–H groups in total. The number of likely N-dealkylation sites (tertiary alicyclic amines) is 1. The molecule has 0 bridgehead atoms. The normalized spacial score (nSPS) is 16.6. The van der Waals surface area contributed by atoms with Crippen LogP contribution in [0.15, 0.2) is 22.7 Å². The fourth-order valence-corrected chi connectivity index (χ4v) is 2.73. The van der Waals surface area contributed by atoms with Gasteiger partial charge in [-0.3, -0.25) is 0 Å². The molecule has 1 aromatic carbocycles. The zero-order valence-electron chi connectivity index (χ0n) is 9.88. The van der Waals surface area contributed by atoms with Gasteiger partial charge in [0, 0.05) is 29.1 Å². The summed E-state index contributed by atoms with van der Waals surface area (Å²) in [5.41, 5.74) is 1.22. The molecule has 1 aliphatic heterocycles. The van der Waals surface area contributed by atoms with Gasteiger partial charge in [0.05, 0.1) is 0 Å². The van der Waals surface area contributed by atoms with Crippen LogP contribution in [-0.4, -0.2) is 31.1 Å². The summed E-state index contributed by atoms with van der Waals surface area (Å²) < 4.78 is 1.12. The average molecular weight is 318 g/mol. The van der Waals surface area contributed by atoms with Gasteiger partial charge in [-0.1, -0.05) is 27.5 Å². The molecule has 4 heteroatoms. The summed E-state index contributed by atoms with van der Waals surface area (Å²) >= 11 is 9.52. The minimum absolute atomic E-state index is 0.796. The van der Waals surface area contributed by atoms with Crippen LogP contribution in [0.2, 0.25) is 5.02 Å². The summed E-state index contributed by atoms with van der Waals surface area (Å²) in [5.74, 6) is 0. The standard InChI is InChI=1S/C13H18BrClN2/c14-13-4-3-12(15)9-11(13)10-16-5-8-17-6-1-2-7-17/h3-4,9,16H,1-2,5-8,10H2. The molecule has 1 heterocycles. The average Bonchev–Trinajstić information content (AvgIpc) is 2.82. The molecule has 2 nitrogen and oxygen atoms in total. The first-order valence-corrected chi connectivity index (χ1v) is 7.30. The van der Waals surface area contributed by atoms with Crippen LogP contribution in [0.3, 0.4) is 0 Å². The molecule has 94 valence electrons. The van der Waals surface area contributed by atoms with Crippen molar-refractivity contribution < 1.29 is 0 Å². The van der Waals surface area contributed by atoms with Crippen LogP contribution in [0.25, 0.3) is 0 Å². The molecule has 0 aliphatic carbocycles. The second kappa shape index (κ2) is 6.74. The van der Waals surface area contributed by atoms with E-state index < -0.39 is 0 Å². The van der Waals surface area contributed by atoms with Crippen LogP contribution in [0.1, 0.15) is 18.4 Å². The van der Waals surface area contributed by atoms with E-state index in [9.17, 15) is 0 Å². The van der Waals surface area contributed by atoms with E-state index in [1.165, 1.54) is 31.5 Å². The van der Waals surface area contributed by atoms with E-state index in [0.717, 1.165) is 29.1 Å². The van der Waals surface area contributed by atoms with Crippen LogP contribution in [0.4, 0.5) is 0 Å². The summed E-state index contributed by atoms with van der Waals surface area (Å²) in [7, 11) is 0. The lowest BCUT2D eigenvalue weighted by Gasteiger charge is -2.15. The summed E-state index contributed by atoms with van der Waals surface area (Å²) in [6, 6.07) is 5.91. The van der Waals surface area contributed by atoms with Gasteiger partial charge in [0.25, 0.3) is 0 Å². The SMILES string of the molecule is Clc1ccc(Br)c(CNCCN2CCCC2)c1. The minimum Gasteiger partial charge on any atom is -0.311 e. The van der Waals surface area contributed by atoms with Gasteiger partial charge in [-0.25, -0.2) is 0 Å². The van der Waals surface area contributed by atoms with Gasteiger partial charge in [-0.15, -0.1) is 0 Å². The Morgan fingerprint density at radius 2 is 2.06 bits per heavy atom. The molecule has 0 spiro atoms. The Morgan fingerprint density at radius 1 is 1.29 bits per heavy atom. The molecule has 1 fully saturated rings. The number of rotatable bonds is 5. The zero-order chi connectivity index (χ0) is 12.1. The van der Waals surface area contributed by atoms with E-state index in [4.69, 9.17) is 11.6 Å². The Kier molecular flexibility index (Phi) is 5.29. The number of nitrogens with zero attached hydrogens (tertiary/aromatic N) is 1. The van der Waals surface area contributed by atoms with Gasteiger partial charge < -0.3 is 10.2 Å². The highest BCUT2D eigenvalue weighted by molar-refractivity contribution is 9.10. The van der Waals surface area contributed by atoms with Crippen LogP contribution in [-0.2, 0) is 6.54 Å². The smallest absolute Gasteiger partial charge is 0.0410 e. The van der Waals surface area contributed by atoms with Crippen molar-refractivity contribution in [3.8, 4) is 0 Å². The maximum absolute atomic E-state index is 5.98. The van der Waals surface area contributed by atoms with Crippen LogP contribution in [0.5, 0.6) is 0 Å². The monoisotopic (exact) mass is 316 g/mol. The lowest BCUT2D eigenvalue weighted by atomic mass is 10.2. The molecule has 1 aromatic rings. The predicted octanol–water partition coefficient (Wildman–Crippen LogP) is 3.29. The number of benzene rings is 1. The molecule has 17 heavy (non-hydrogen) atoms. The third-order valence-electron chi connectivity index (χ3n) is 3.13. The minimum atomic E-state index is 0.796. The lowest BCUT2D eigenvalue weighted by molar-refractivity contribution is 0.335. The number of nitrogens with one attached hydrogen (secondary N) is 1. The fraction of sp³-hybridized carbons (Fsp3) is 0.538. The second-order valence-electron chi connectivity index (χ2n) is 4.46. The van der Waals surface area contributed by atoms with E-state index in [2.05, 4.69) is 26.1 Å². The van der Waals surface area contributed by atoms with Crippen molar-refractivity contribution in [2.45, 2.75) is 19.4 Å². The van der Waals surface area contributed by atoms with E-state index in [-0.39, 0.29) is 0 Å². The molecular weight excluding hydrogens is 300 g/mol. The van der Waals surface area contributed by atoms with Gasteiger partial charge >= 0.3 is 0 Å². The van der Waals surface area contributed by atoms with Crippen molar-refractivity contribution in [3.05, 3.63) is 33.3 Å². The van der Waals surface area contributed by atoms with Crippen LogP contribution >= 0.6 is 27.5 Å². The van der Waals surface area contributed by atoms with Gasteiger partial charge in [0.15, 0.2) is 0 Å². The van der Waals surface area contributed by atoms with E-state index in [1.807, 2.05) is 18.2 Å². The van der Waals surface area contributed by atoms with Crippen molar-refractivity contribution in [2.24, 2.45) is 0 Å². The Labute approximate surface area is 116 Å². The predicted molar refractivity (Wildman–Crippen MR) is 76.5 cm³/mol.